The van der Waals surface area contributed by atoms with E-state index in [1.54, 1.807) is 0 Å². The number of hydrogen-bond donors (Lipinski definition) is 0. The molecule has 9 aromatic carbocycles. The monoisotopic (exact) mass is 847 g/mol. The summed E-state index contributed by atoms with van der Waals surface area (Å²) in [5.74, 6) is 1.64. The van der Waals surface area contributed by atoms with Crippen LogP contribution in [0.3, 0.4) is 0 Å². The van der Waals surface area contributed by atoms with E-state index >= 15 is 0 Å². The van der Waals surface area contributed by atoms with Gasteiger partial charge in [0.1, 0.15) is 33.5 Å². The van der Waals surface area contributed by atoms with Crippen LogP contribution in [0.4, 0.5) is 0 Å². The second-order valence-corrected chi connectivity index (χ2v) is 17.9. The Kier molecular flexibility index (Phi) is 7.64. The Labute approximate surface area is 378 Å². The lowest BCUT2D eigenvalue weighted by Crippen LogP contribution is -2.14. The van der Waals surface area contributed by atoms with Crippen LogP contribution in [-0.4, -0.2) is 15.0 Å². The van der Waals surface area contributed by atoms with Gasteiger partial charge in [-0.3, -0.25) is 0 Å². The summed E-state index contributed by atoms with van der Waals surface area (Å²) in [6.07, 6.45) is 0. The zero-order chi connectivity index (χ0) is 43.7. The van der Waals surface area contributed by atoms with E-state index in [0.29, 0.717) is 17.5 Å². The van der Waals surface area contributed by atoms with Crippen LogP contribution in [0.15, 0.2) is 201 Å². The van der Waals surface area contributed by atoms with Crippen molar-refractivity contribution in [1.29, 1.82) is 0 Å². The Morgan fingerprint density at radius 2 is 0.803 bits per heavy atom. The summed E-state index contributed by atoms with van der Waals surface area (Å²) < 4.78 is 19.2. The molecule has 0 N–H and O–H groups in total. The van der Waals surface area contributed by atoms with Crippen LogP contribution in [0.2, 0.25) is 0 Å². The zero-order valence-electron chi connectivity index (χ0n) is 36.0. The molecule has 1 aliphatic carbocycles. The fraction of sp³-hybridized carbons (Fsp3) is 0.0500. The zero-order valence-corrected chi connectivity index (χ0v) is 36.0. The smallest absolute Gasteiger partial charge is 0.164 e. The first-order chi connectivity index (χ1) is 32.4. The van der Waals surface area contributed by atoms with E-state index in [4.69, 9.17) is 28.2 Å². The maximum absolute atomic E-state index is 6.61. The number of aromatic nitrogens is 3. The molecular weight excluding hydrogens is 811 g/mol. The van der Waals surface area contributed by atoms with Crippen LogP contribution in [0.1, 0.15) is 25.0 Å². The minimum Gasteiger partial charge on any atom is -0.456 e. The highest BCUT2D eigenvalue weighted by molar-refractivity contribution is 6.14. The summed E-state index contributed by atoms with van der Waals surface area (Å²) in [6.45, 7) is 4.66. The van der Waals surface area contributed by atoms with Gasteiger partial charge in [-0.05, 0) is 105 Å². The number of hydrogen-bond acceptors (Lipinski definition) is 6. The molecule has 0 aliphatic heterocycles. The number of benzene rings is 9. The van der Waals surface area contributed by atoms with Gasteiger partial charge in [-0.2, -0.15) is 0 Å². The molecule has 0 bridgehead atoms. The van der Waals surface area contributed by atoms with Gasteiger partial charge in [0, 0.05) is 54.4 Å². The van der Waals surface area contributed by atoms with Crippen LogP contribution in [0.5, 0.6) is 0 Å². The van der Waals surface area contributed by atoms with E-state index < -0.39 is 0 Å². The van der Waals surface area contributed by atoms with Crippen molar-refractivity contribution in [3.63, 3.8) is 0 Å². The first kappa shape index (κ1) is 36.8. The molecule has 66 heavy (non-hydrogen) atoms. The third-order valence-electron chi connectivity index (χ3n) is 13.8. The van der Waals surface area contributed by atoms with Gasteiger partial charge in [0.2, 0.25) is 0 Å². The highest BCUT2D eigenvalue weighted by Crippen LogP contribution is 2.52. The summed E-state index contributed by atoms with van der Waals surface area (Å²) in [6, 6.07) is 65.5. The number of nitrogens with zero attached hydrogens (tertiary/aromatic N) is 3. The topological polar surface area (TPSA) is 78.1 Å². The Morgan fingerprint density at radius 1 is 0.318 bits per heavy atom. The molecule has 0 amide bonds. The van der Waals surface area contributed by atoms with Crippen molar-refractivity contribution in [3.05, 3.63) is 199 Å². The van der Waals surface area contributed by atoms with E-state index in [1.165, 1.54) is 33.4 Å². The molecule has 4 heterocycles. The van der Waals surface area contributed by atoms with Crippen molar-refractivity contribution in [2.45, 2.75) is 19.3 Å². The lowest BCUT2D eigenvalue weighted by Gasteiger charge is -2.21. The maximum Gasteiger partial charge on any atom is 0.164 e. The third kappa shape index (κ3) is 5.39. The van der Waals surface area contributed by atoms with Crippen molar-refractivity contribution in [3.8, 4) is 67.5 Å². The highest BCUT2D eigenvalue weighted by Gasteiger charge is 2.36. The Bertz CT molecular complexity index is 4170. The second-order valence-electron chi connectivity index (χ2n) is 17.9. The van der Waals surface area contributed by atoms with Crippen LogP contribution in [0.25, 0.3) is 133 Å². The van der Waals surface area contributed by atoms with Gasteiger partial charge in [0.05, 0.1) is 0 Å². The highest BCUT2D eigenvalue weighted by atomic mass is 16.3. The van der Waals surface area contributed by atoms with Gasteiger partial charge in [-0.1, -0.05) is 141 Å². The SMILES string of the molecule is CC1(C)c2ccccc2-c2c(-c3cccc(-c4ccc5oc6cccc(-c7nc(-c8ccc9oc%10ccccc%10c9c8)nc(-c8cccc9oc%10ccccc%10c89)n7)c6c5c4)c3)cccc21. The largest absolute Gasteiger partial charge is 0.456 e. The summed E-state index contributed by atoms with van der Waals surface area (Å²) in [5.41, 5.74) is 17.3. The van der Waals surface area contributed by atoms with Gasteiger partial charge in [-0.25, -0.2) is 15.0 Å². The van der Waals surface area contributed by atoms with Crippen LogP contribution in [-0.2, 0) is 5.41 Å². The Hall–Kier alpha value is -8.61. The first-order valence-electron chi connectivity index (χ1n) is 22.3. The van der Waals surface area contributed by atoms with Crippen LogP contribution < -0.4 is 0 Å². The summed E-state index contributed by atoms with van der Waals surface area (Å²) in [5, 5.41) is 5.92. The lowest BCUT2D eigenvalue weighted by molar-refractivity contribution is 0.660. The van der Waals surface area contributed by atoms with E-state index in [2.05, 4.69) is 129 Å². The number of fused-ring (bicyclic) bond motifs is 12. The number of rotatable bonds is 5. The van der Waals surface area contributed by atoms with Crippen molar-refractivity contribution in [2.24, 2.45) is 0 Å². The second kappa shape index (κ2) is 13.7. The molecule has 6 nitrogen and oxygen atoms in total. The predicted molar refractivity (Wildman–Crippen MR) is 266 cm³/mol. The molecule has 0 saturated carbocycles. The summed E-state index contributed by atoms with van der Waals surface area (Å²) in [4.78, 5) is 15.9. The normalized spacial score (nSPS) is 13.1. The molecule has 0 unspecified atom stereocenters. The average Bonchev–Trinajstić information content (AvgIpc) is 4.11. The fourth-order valence-corrected chi connectivity index (χ4v) is 10.6. The Morgan fingerprint density at radius 3 is 1.59 bits per heavy atom. The van der Waals surface area contributed by atoms with Crippen molar-refractivity contribution < 1.29 is 13.3 Å². The first-order valence-corrected chi connectivity index (χ1v) is 22.3. The van der Waals surface area contributed by atoms with E-state index in [-0.39, 0.29) is 5.41 Å². The standard InChI is InChI=1S/C60H37N3O3/c1-60(2)46-21-6-3-16-40(46)54-38(18-10-22-47(54)60)36-14-9-13-34(31-36)35-27-29-51-45(32-35)56-43(20-12-26-53(56)66-51)59-62-57(37-28-30-50-44(33-37)39-15-4-7-23-48(39)64-50)61-58(63-59)42-19-11-25-52-55(42)41-17-5-8-24-49(41)65-52/h3-33H,1-2H3. The van der Waals surface area contributed by atoms with Gasteiger partial charge in [0.15, 0.2) is 17.5 Å². The van der Waals surface area contributed by atoms with E-state index in [9.17, 15) is 0 Å². The third-order valence-corrected chi connectivity index (χ3v) is 13.8. The number of furan rings is 3. The molecule has 310 valence electrons. The van der Waals surface area contributed by atoms with Crippen LogP contribution in [0, 0.1) is 0 Å². The molecule has 13 aromatic rings. The average molecular weight is 848 g/mol. The molecule has 1 aliphatic rings. The van der Waals surface area contributed by atoms with Gasteiger partial charge in [-0.15, -0.1) is 0 Å². The van der Waals surface area contributed by atoms with Gasteiger partial charge < -0.3 is 13.3 Å². The van der Waals surface area contributed by atoms with Crippen molar-refractivity contribution in [1.82, 2.24) is 15.0 Å². The minimum atomic E-state index is -0.0754. The lowest BCUT2D eigenvalue weighted by atomic mass is 9.82. The van der Waals surface area contributed by atoms with Gasteiger partial charge in [0.25, 0.3) is 0 Å². The molecule has 0 atom stereocenters. The molecule has 0 radical (unpaired) electrons. The maximum atomic E-state index is 6.61. The number of para-hydroxylation sites is 2. The molecule has 4 aromatic heterocycles. The molecule has 0 spiro atoms. The Balaban J connectivity index is 0.956. The molecule has 0 saturated heterocycles. The predicted octanol–water partition coefficient (Wildman–Crippen LogP) is 16.2. The molecule has 6 heteroatoms. The molecular formula is C60H37N3O3. The minimum absolute atomic E-state index is 0.0754. The summed E-state index contributed by atoms with van der Waals surface area (Å²) in [7, 11) is 0. The van der Waals surface area contributed by atoms with E-state index in [0.717, 1.165) is 93.6 Å². The summed E-state index contributed by atoms with van der Waals surface area (Å²) >= 11 is 0. The molecule has 14 rings (SSSR count). The van der Waals surface area contributed by atoms with Gasteiger partial charge >= 0.3 is 0 Å². The quantitative estimate of drug-likeness (QED) is 0.172. The fourth-order valence-electron chi connectivity index (χ4n) is 10.6. The molecule has 0 fully saturated rings. The van der Waals surface area contributed by atoms with Crippen LogP contribution >= 0.6 is 0 Å². The van der Waals surface area contributed by atoms with Crippen molar-refractivity contribution >= 4 is 65.8 Å². The van der Waals surface area contributed by atoms with Crippen molar-refractivity contribution in [2.75, 3.05) is 0 Å². The van der Waals surface area contributed by atoms with E-state index in [1.807, 2.05) is 72.8 Å².